The van der Waals surface area contributed by atoms with Crippen molar-refractivity contribution in [2.75, 3.05) is 31.1 Å². The molecule has 9 heteroatoms. The molecule has 198 valence electrons. The minimum Gasteiger partial charge on any atom is -0.460 e. The van der Waals surface area contributed by atoms with Crippen LogP contribution in [0.2, 0.25) is 0 Å². The monoisotopic (exact) mass is 534 g/mol. The molecule has 8 nitrogen and oxygen atoms in total. The van der Waals surface area contributed by atoms with Crippen molar-refractivity contribution in [3.05, 3.63) is 78.2 Å². The second-order valence-electron chi connectivity index (χ2n) is 8.78. The number of carbonyl (C=O) groups is 1. The minimum atomic E-state index is -4.49. The maximum Gasteiger partial charge on any atom is 0.333 e. The Morgan fingerprint density at radius 1 is 1.05 bits per heavy atom. The molecule has 0 unspecified atom stereocenters. The molecule has 1 aliphatic carbocycles. The molecule has 0 saturated carbocycles. The van der Waals surface area contributed by atoms with Crippen molar-refractivity contribution in [3.8, 4) is 22.5 Å². The number of nitrogens with zero attached hydrogens (tertiary/aromatic N) is 2. The molecule has 1 aliphatic heterocycles. The lowest BCUT2D eigenvalue weighted by Crippen LogP contribution is -2.21. The van der Waals surface area contributed by atoms with Gasteiger partial charge < -0.3 is 14.1 Å². The lowest BCUT2D eigenvalue weighted by Gasteiger charge is -2.22. The lowest BCUT2D eigenvalue weighted by atomic mass is 9.93. The number of hydrogen-bond acceptors (Lipinski definition) is 7. The summed E-state index contributed by atoms with van der Waals surface area (Å²) in [6.07, 6.45) is 0. The lowest BCUT2D eigenvalue weighted by molar-refractivity contribution is -0.138. The van der Waals surface area contributed by atoms with E-state index in [0.717, 1.165) is 18.8 Å². The second-order valence-corrected chi connectivity index (χ2v) is 10.2. The Morgan fingerprint density at radius 3 is 2.47 bits per heavy atom. The first kappa shape index (κ1) is 27.1. The van der Waals surface area contributed by atoms with Gasteiger partial charge in [-0.1, -0.05) is 24.8 Å². The van der Waals surface area contributed by atoms with Crippen LogP contribution in [0.5, 0.6) is 0 Å². The predicted molar refractivity (Wildman–Crippen MR) is 148 cm³/mol. The molecule has 0 saturated heterocycles. The van der Waals surface area contributed by atoms with Crippen LogP contribution in [0.4, 0.5) is 5.69 Å². The minimum absolute atomic E-state index is 0.110. The summed E-state index contributed by atoms with van der Waals surface area (Å²) in [5.74, 6) is 0.0286. The molecule has 0 aromatic heterocycles. The van der Waals surface area contributed by atoms with Gasteiger partial charge >= 0.3 is 5.97 Å². The van der Waals surface area contributed by atoms with Crippen molar-refractivity contribution >= 4 is 32.7 Å². The Hall–Kier alpha value is -3.95. The van der Waals surface area contributed by atoms with Crippen molar-refractivity contribution in [3.63, 3.8) is 0 Å². The molecule has 2 aromatic rings. The first-order valence-corrected chi connectivity index (χ1v) is 13.7. The molecule has 0 atom stereocenters. The summed E-state index contributed by atoms with van der Waals surface area (Å²) >= 11 is 0. The molecule has 0 amide bonds. The number of rotatable bonds is 9. The van der Waals surface area contributed by atoms with Gasteiger partial charge in [0, 0.05) is 58.6 Å². The van der Waals surface area contributed by atoms with Gasteiger partial charge in [-0.3, -0.25) is 9.55 Å². The number of fused-ring (bicyclic) bond motifs is 2. The van der Waals surface area contributed by atoms with E-state index in [4.69, 9.17) is 9.15 Å². The highest BCUT2D eigenvalue weighted by atomic mass is 32.2. The summed E-state index contributed by atoms with van der Waals surface area (Å²) in [5.41, 5.74) is 3.52. The second kappa shape index (κ2) is 11.2. The summed E-state index contributed by atoms with van der Waals surface area (Å²) in [7, 11) is -4.49. The zero-order valence-electron chi connectivity index (χ0n) is 21.6. The van der Waals surface area contributed by atoms with Gasteiger partial charge in [-0.05, 0) is 51.1 Å². The smallest absolute Gasteiger partial charge is 0.333 e. The van der Waals surface area contributed by atoms with Gasteiger partial charge in [-0.25, -0.2) is 4.79 Å². The van der Waals surface area contributed by atoms with Crippen LogP contribution in [-0.2, 0) is 19.6 Å². The molecule has 0 bridgehead atoms. The third-order valence-corrected chi connectivity index (χ3v) is 7.13. The zero-order chi connectivity index (χ0) is 27.4. The molecular formula is C29H30N2O6S. The van der Waals surface area contributed by atoms with Gasteiger partial charge in [0.25, 0.3) is 10.1 Å². The van der Waals surface area contributed by atoms with Crippen LogP contribution in [0.3, 0.4) is 0 Å². The van der Waals surface area contributed by atoms with E-state index in [-0.39, 0.29) is 18.0 Å². The molecule has 38 heavy (non-hydrogen) atoms. The van der Waals surface area contributed by atoms with Crippen LogP contribution >= 0.6 is 0 Å². The summed E-state index contributed by atoms with van der Waals surface area (Å²) < 4.78 is 46.0. The zero-order valence-corrected chi connectivity index (χ0v) is 22.4. The highest BCUT2D eigenvalue weighted by Gasteiger charge is 2.23. The average Bonchev–Trinajstić information content (AvgIpc) is 2.89. The third kappa shape index (κ3) is 5.64. The van der Waals surface area contributed by atoms with Crippen molar-refractivity contribution in [1.29, 1.82) is 0 Å². The predicted octanol–water partition coefficient (Wildman–Crippen LogP) is 5.32. The van der Waals surface area contributed by atoms with Crippen LogP contribution < -0.4 is 10.3 Å². The Labute approximate surface area is 222 Å². The fraction of sp³-hybridized carbons (Fsp3) is 0.241. The van der Waals surface area contributed by atoms with Crippen molar-refractivity contribution < 1.29 is 26.9 Å². The standard InChI is InChI=1S/C29H30N2O6S/c1-5-31(6-2)21-12-14-23-26(18-21)37-25-17-20(30-15-16-36-29(32)19(3)4)11-13-22(25)28(23)24-9-7-8-10-27(24)38(33,34)35/h7-14,17-18H,3,5-6,15-16H2,1-2,4H3,(H,33,34,35). The van der Waals surface area contributed by atoms with Crippen LogP contribution in [-0.4, -0.2) is 45.2 Å². The summed E-state index contributed by atoms with van der Waals surface area (Å²) in [4.78, 5) is 18.1. The third-order valence-electron chi connectivity index (χ3n) is 6.22. The molecule has 1 heterocycles. The Kier molecular flexibility index (Phi) is 7.99. The summed E-state index contributed by atoms with van der Waals surface area (Å²) in [5, 5.41) is 1.32. The van der Waals surface area contributed by atoms with E-state index in [1.807, 2.05) is 24.3 Å². The molecular weight excluding hydrogens is 504 g/mol. The van der Waals surface area contributed by atoms with E-state index in [1.165, 1.54) is 6.07 Å². The summed E-state index contributed by atoms with van der Waals surface area (Å²) in [6, 6.07) is 17.5. The van der Waals surface area contributed by atoms with Crippen molar-refractivity contribution in [2.24, 2.45) is 4.99 Å². The van der Waals surface area contributed by atoms with Gasteiger partial charge in [0.1, 0.15) is 22.8 Å². The fourth-order valence-electron chi connectivity index (χ4n) is 4.38. The van der Waals surface area contributed by atoms with Gasteiger partial charge in [-0.2, -0.15) is 8.42 Å². The van der Waals surface area contributed by atoms with Gasteiger partial charge in [0.15, 0.2) is 0 Å². The Bertz CT molecular complexity index is 1650. The van der Waals surface area contributed by atoms with Crippen LogP contribution in [0.1, 0.15) is 20.8 Å². The van der Waals surface area contributed by atoms with Gasteiger partial charge in [-0.15, -0.1) is 0 Å². The van der Waals surface area contributed by atoms with Crippen LogP contribution in [0, 0.1) is 0 Å². The molecule has 2 aromatic carbocycles. The normalized spacial score (nSPS) is 12.2. The van der Waals surface area contributed by atoms with Crippen molar-refractivity contribution in [1.82, 2.24) is 0 Å². The molecule has 0 radical (unpaired) electrons. The number of ether oxygens (including phenoxy) is 1. The highest BCUT2D eigenvalue weighted by Crippen LogP contribution is 2.42. The van der Waals surface area contributed by atoms with E-state index in [1.54, 1.807) is 37.3 Å². The fourth-order valence-corrected chi connectivity index (χ4v) is 5.07. The Balaban J connectivity index is 1.92. The molecule has 1 N–H and O–H groups in total. The van der Waals surface area contributed by atoms with E-state index in [0.29, 0.717) is 44.4 Å². The largest absolute Gasteiger partial charge is 0.460 e. The molecule has 0 fully saturated rings. The van der Waals surface area contributed by atoms with Gasteiger partial charge in [0.2, 0.25) is 0 Å². The first-order valence-electron chi connectivity index (χ1n) is 12.3. The van der Waals surface area contributed by atoms with E-state index >= 15 is 0 Å². The summed E-state index contributed by atoms with van der Waals surface area (Å²) in [6.45, 7) is 11.3. The topological polar surface area (TPSA) is 109 Å². The maximum absolute atomic E-state index is 12.3. The van der Waals surface area contributed by atoms with Gasteiger partial charge in [0.05, 0.1) is 11.9 Å². The number of esters is 1. The quantitative estimate of drug-likeness (QED) is 0.102. The van der Waals surface area contributed by atoms with Crippen molar-refractivity contribution in [2.45, 2.75) is 25.7 Å². The molecule has 0 spiro atoms. The van der Waals surface area contributed by atoms with E-state index < -0.39 is 16.1 Å². The Morgan fingerprint density at radius 2 is 1.79 bits per heavy atom. The average molecular weight is 535 g/mol. The number of benzene rings is 3. The highest BCUT2D eigenvalue weighted by molar-refractivity contribution is 7.86. The van der Waals surface area contributed by atoms with Crippen LogP contribution in [0.25, 0.3) is 33.4 Å². The maximum atomic E-state index is 12.3. The van der Waals surface area contributed by atoms with E-state index in [2.05, 4.69) is 30.3 Å². The molecule has 2 aliphatic rings. The number of anilines is 1. The molecule has 4 rings (SSSR count). The number of carbonyl (C=O) groups excluding carboxylic acids is 1. The first-order chi connectivity index (χ1) is 18.1. The van der Waals surface area contributed by atoms with Crippen LogP contribution in [0.15, 0.2) is 87.1 Å². The number of hydrogen-bond donors (Lipinski definition) is 1. The SMILES string of the molecule is C=C(C)C(=O)OCCN=c1ccc2c(-c3ccccc3S(=O)(=O)O)c3ccc(N(CC)CC)cc3oc-2c1. The van der Waals surface area contributed by atoms with E-state index in [9.17, 15) is 17.8 Å².